The number of carbonyl (C=O) groups is 2. The van der Waals surface area contributed by atoms with Crippen molar-refractivity contribution >= 4 is 17.7 Å². The van der Waals surface area contributed by atoms with Gasteiger partial charge in [-0.2, -0.15) is 0 Å². The molecule has 1 aromatic rings. The summed E-state index contributed by atoms with van der Waals surface area (Å²) >= 11 is 0. The van der Waals surface area contributed by atoms with E-state index in [1.54, 1.807) is 11.8 Å². The highest BCUT2D eigenvalue weighted by Crippen LogP contribution is 2.11. The van der Waals surface area contributed by atoms with E-state index in [1.807, 2.05) is 37.3 Å². The summed E-state index contributed by atoms with van der Waals surface area (Å²) in [4.78, 5) is 27.7. The monoisotopic (exact) mass is 305 g/mol. The van der Waals surface area contributed by atoms with Gasteiger partial charge in [-0.05, 0) is 26.0 Å². The number of benzene rings is 1. The van der Waals surface area contributed by atoms with Crippen molar-refractivity contribution in [3.63, 3.8) is 0 Å². The first kappa shape index (κ1) is 16.3. The number of rotatable bonds is 4. The number of hydrogen-bond donors (Lipinski definition) is 1. The van der Waals surface area contributed by atoms with E-state index >= 15 is 0 Å². The molecular weight excluding hydrogens is 282 g/mol. The van der Waals surface area contributed by atoms with Crippen LogP contribution < -0.4 is 5.32 Å². The molecule has 6 nitrogen and oxygen atoms in total. The molecule has 1 aliphatic rings. The maximum absolute atomic E-state index is 12.3. The van der Waals surface area contributed by atoms with E-state index in [0.29, 0.717) is 32.8 Å². The topological polar surface area (TPSA) is 61.9 Å². The smallest absolute Gasteiger partial charge is 0.409 e. The molecule has 1 aromatic carbocycles. The average Bonchev–Trinajstić information content (AvgIpc) is 2.55. The molecule has 1 saturated heterocycles. The lowest BCUT2D eigenvalue weighted by atomic mass is 10.2. The quantitative estimate of drug-likeness (QED) is 0.921. The van der Waals surface area contributed by atoms with Crippen LogP contribution in [-0.2, 0) is 9.53 Å². The van der Waals surface area contributed by atoms with Crippen molar-refractivity contribution in [2.75, 3.05) is 38.1 Å². The maximum atomic E-state index is 12.3. The Balaban J connectivity index is 1.83. The SMILES string of the molecule is CCOC(=O)N1CCN(C(C)C(=O)Nc2ccccc2)CC1. The minimum atomic E-state index is -0.274. The van der Waals surface area contributed by atoms with Gasteiger partial charge in [0.1, 0.15) is 0 Å². The molecule has 1 aliphatic heterocycles. The third-order valence-electron chi connectivity index (χ3n) is 3.81. The second-order valence-corrected chi connectivity index (χ2v) is 5.25. The number of carbonyl (C=O) groups excluding carboxylic acids is 2. The standard InChI is InChI=1S/C16H23N3O3/c1-3-22-16(21)19-11-9-18(10-12-19)13(2)15(20)17-14-7-5-4-6-8-14/h4-8,13H,3,9-12H2,1-2H3,(H,17,20). The van der Waals surface area contributed by atoms with Crippen LogP contribution in [0.15, 0.2) is 30.3 Å². The lowest BCUT2D eigenvalue weighted by Crippen LogP contribution is -2.54. The highest BCUT2D eigenvalue weighted by Gasteiger charge is 2.27. The average molecular weight is 305 g/mol. The van der Waals surface area contributed by atoms with Crippen molar-refractivity contribution < 1.29 is 14.3 Å². The van der Waals surface area contributed by atoms with E-state index in [0.717, 1.165) is 5.69 Å². The number of amides is 2. The first-order valence-corrected chi connectivity index (χ1v) is 7.63. The van der Waals surface area contributed by atoms with Gasteiger partial charge in [0.25, 0.3) is 0 Å². The first-order valence-electron chi connectivity index (χ1n) is 7.63. The summed E-state index contributed by atoms with van der Waals surface area (Å²) in [6, 6.07) is 9.18. The van der Waals surface area contributed by atoms with Gasteiger partial charge in [0.05, 0.1) is 12.6 Å². The number of anilines is 1. The van der Waals surface area contributed by atoms with Gasteiger partial charge in [-0.3, -0.25) is 9.69 Å². The molecule has 0 spiro atoms. The Hall–Kier alpha value is -2.08. The highest BCUT2D eigenvalue weighted by atomic mass is 16.6. The normalized spacial score (nSPS) is 16.9. The van der Waals surface area contributed by atoms with Gasteiger partial charge in [-0.25, -0.2) is 4.79 Å². The zero-order valence-electron chi connectivity index (χ0n) is 13.1. The van der Waals surface area contributed by atoms with Gasteiger partial charge in [0.15, 0.2) is 0 Å². The van der Waals surface area contributed by atoms with Gasteiger partial charge < -0.3 is 15.0 Å². The molecule has 0 radical (unpaired) electrons. The number of piperazine rings is 1. The molecule has 120 valence electrons. The summed E-state index contributed by atoms with van der Waals surface area (Å²) in [5.74, 6) is -0.0317. The largest absolute Gasteiger partial charge is 0.450 e. The van der Waals surface area contributed by atoms with Crippen LogP contribution in [-0.4, -0.2) is 60.6 Å². The molecule has 0 saturated carbocycles. The van der Waals surface area contributed by atoms with Gasteiger partial charge >= 0.3 is 6.09 Å². The lowest BCUT2D eigenvalue weighted by Gasteiger charge is -2.36. The Morgan fingerprint density at radius 1 is 1.18 bits per heavy atom. The van der Waals surface area contributed by atoms with Crippen LogP contribution in [0.2, 0.25) is 0 Å². The van der Waals surface area contributed by atoms with E-state index in [4.69, 9.17) is 4.74 Å². The van der Waals surface area contributed by atoms with Gasteiger partial charge in [0, 0.05) is 31.9 Å². The molecule has 1 heterocycles. The van der Waals surface area contributed by atoms with Crippen molar-refractivity contribution in [2.24, 2.45) is 0 Å². The van der Waals surface area contributed by atoms with Crippen LogP contribution in [0.5, 0.6) is 0 Å². The van der Waals surface area contributed by atoms with Crippen molar-refractivity contribution in [3.05, 3.63) is 30.3 Å². The Bertz CT molecular complexity index is 499. The van der Waals surface area contributed by atoms with Gasteiger partial charge in [-0.15, -0.1) is 0 Å². The second kappa shape index (κ2) is 7.79. The van der Waals surface area contributed by atoms with Crippen molar-refractivity contribution in [1.82, 2.24) is 9.80 Å². The molecule has 0 bridgehead atoms. The number of nitrogens with zero attached hydrogens (tertiary/aromatic N) is 2. The molecule has 0 aliphatic carbocycles. The van der Waals surface area contributed by atoms with Gasteiger partial charge in [-0.1, -0.05) is 18.2 Å². The molecule has 0 aromatic heterocycles. The molecule has 22 heavy (non-hydrogen) atoms. The fourth-order valence-electron chi connectivity index (χ4n) is 2.44. The summed E-state index contributed by atoms with van der Waals surface area (Å²) in [7, 11) is 0. The fraction of sp³-hybridized carbons (Fsp3) is 0.500. The number of nitrogens with one attached hydrogen (secondary N) is 1. The van der Waals surface area contributed by atoms with E-state index in [1.165, 1.54) is 0 Å². The number of hydrogen-bond acceptors (Lipinski definition) is 4. The molecule has 1 fully saturated rings. The van der Waals surface area contributed by atoms with E-state index in [9.17, 15) is 9.59 Å². The zero-order chi connectivity index (χ0) is 15.9. The highest BCUT2D eigenvalue weighted by molar-refractivity contribution is 5.94. The van der Waals surface area contributed by atoms with Crippen LogP contribution >= 0.6 is 0 Å². The predicted octanol–water partition coefficient (Wildman–Crippen LogP) is 1.79. The van der Waals surface area contributed by atoms with Crippen LogP contribution in [0.3, 0.4) is 0 Å². The minimum absolute atomic E-state index is 0.0317. The van der Waals surface area contributed by atoms with Crippen LogP contribution in [0.1, 0.15) is 13.8 Å². The molecule has 2 rings (SSSR count). The second-order valence-electron chi connectivity index (χ2n) is 5.25. The molecule has 2 amide bonds. The Kier molecular flexibility index (Phi) is 5.77. The summed E-state index contributed by atoms with van der Waals surface area (Å²) < 4.78 is 4.99. The van der Waals surface area contributed by atoms with Crippen LogP contribution in [0.25, 0.3) is 0 Å². The van der Waals surface area contributed by atoms with E-state index < -0.39 is 0 Å². The van der Waals surface area contributed by atoms with Crippen molar-refractivity contribution in [3.8, 4) is 0 Å². The lowest BCUT2D eigenvalue weighted by molar-refractivity contribution is -0.121. The summed E-state index contributed by atoms with van der Waals surface area (Å²) in [6.45, 7) is 6.57. The Morgan fingerprint density at radius 2 is 1.82 bits per heavy atom. The summed E-state index contributed by atoms with van der Waals surface area (Å²) in [5, 5.41) is 2.91. The van der Waals surface area contributed by atoms with E-state index in [2.05, 4.69) is 10.2 Å². The molecule has 1 unspecified atom stereocenters. The van der Waals surface area contributed by atoms with Crippen molar-refractivity contribution in [1.29, 1.82) is 0 Å². The van der Waals surface area contributed by atoms with Crippen LogP contribution in [0, 0.1) is 0 Å². The number of para-hydroxylation sites is 1. The first-order chi connectivity index (χ1) is 10.6. The number of ether oxygens (including phenoxy) is 1. The molecular formula is C16H23N3O3. The third kappa shape index (κ3) is 4.21. The van der Waals surface area contributed by atoms with Crippen LogP contribution in [0.4, 0.5) is 10.5 Å². The minimum Gasteiger partial charge on any atom is -0.450 e. The Morgan fingerprint density at radius 3 is 2.41 bits per heavy atom. The molecule has 6 heteroatoms. The zero-order valence-corrected chi connectivity index (χ0v) is 13.1. The van der Waals surface area contributed by atoms with Crippen molar-refractivity contribution in [2.45, 2.75) is 19.9 Å². The Labute approximate surface area is 131 Å². The van der Waals surface area contributed by atoms with Gasteiger partial charge in [0.2, 0.25) is 5.91 Å². The fourth-order valence-corrected chi connectivity index (χ4v) is 2.44. The predicted molar refractivity (Wildman–Crippen MR) is 84.7 cm³/mol. The van der Waals surface area contributed by atoms with E-state index in [-0.39, 0.29) is 18.0 Å². The summed E-state index contributed by atoms with van der Waals surface area (Å²) in [5.41, 5.74) is 0.796. The molecule has 1 N–H and O–H groups in total. The third-order valence-corrected chi connectivity index (χ3v) is 3.81. The molecule has 1 atom stereocenters. The maximum Gasteiger partial charge on any atom is 0.409 e. The summed E-state index contributed by atoms with van der Waals surface area (Å²) in [6.07, 6.45) is -0.274.